The van der Waals surface area contributed by atoms with Gasteiger partial charge in [-0.25, -0.2) is 4.79 Å². The highest BCUT2D eigenvalue weighted by atomic mass is 32.2. The number of rotatable bonds is 5. The summed E-state index contributed by atoms with van der Waals surface area (Å²) in [6.45, 7) is 10.2. The van der Waals surface area contributed by atoms with Crippen LogP contribution in [0.4, 0.5) is 4.79 Å². The van der Waals surface area contributed by atoms with Gasteiger partial charge in [0.15, 0.2) is 5.84 Å². The molecule has 0 saturated carbocycles. The fraction of sp³-hybridized carbons (Fsp3) is 0.458. The summed E-state index contributed by atoms with van der Waals surface area (Å²) >= 11 is 1.32. The summed E-state index contributed by atoms with van der Waals surface area (Å²) in [6, 6.07) is 2.03. The van der Waals surface area contributed by atoms with Crippen molar-refractivity contribution in [1.29, 1.82) is 0 Å². The van der Waals surface area contributed by atoms with Crippen molar-refractivity contribution in [3.05, 3.63) is 45.9 Å². The lowest BCUT2D eigenvalue weighted by atomic mass is 10.0. The van der Waals surface area contributed by atoms with E-state index in [-0.39, 0.29) is 0 Å². The number of methoxy groups -OCH3 is 1. The highest BCUT2D eigenvalue weighted by Crippen LogP contribution is 2.39. The van der Waals surface area contributed by atoms with Crippen LogP contribution in [-0.2, 0) is 18.7 Å². The summed E-state index contributed by atoms with van der Waals surface area (Å²) in [5, 5.41) is 19.7. The largest absolute Gasteiger partial charge is 0.496 e. The van der Waals surface area contributed by atoms with Crippen LogP contribution < -0.4 is 10.5 Å². The standard InChI is InChI=1S/C24H31N7O3S/c1-13-10-26-18(14(2)21(13)34-6)11-30-27-17-9-15(7-8-25)16-12-35-29-22(20(28-30)19(16)17)31(23(32)33)24(3,4)5/h9-10H,7-8,11-12,25H2,1-6H3,(H,32,33). The van der Waals surface area contributed by atoms with Crippen LogP contribution in [0.1, 0.15) is 54.4 Å². The summed E-state index contributed by atoms with van der Waals surface area (Å²) in [5.41, 5.74) is 12.0. The average Bonchev–Trinajstić information content (AvgIpc) is 2.99. The van der Waals surface area contributed by atoms with Crippen LogP contribution in [-0.4, -0.2) is 61.1 Å². The Hall–Kier alpha value is -3.18. The van der Waals surface area contributed by atoms with Gasteiger partial charge in [0.2, 0.25) is 0 Å². The predicted molar refractivity (Wildman–Crippen MR) is 136 cm³/mol. The molecule has 3 N–H and O–H groups in total. The smallest absolute Gasteiger partial charge is 0.413 e. The van der Waals surface area contributed by atoms with Crippen molar-refractivity contribution < 1.29 is 14.6 Å². The number of hydrogen-bond donors (Lipinski definition) is 2. The fourth-order valence-corrected chi connectivity index (χ4v) is 5.29. The third-order valence-electron chi connectivity index (χ3n) is 6.03. The molecule has 186 valence electrons. The third kappa shape index (κ3) is 4.57. The minimum absolute atomic E-state index is 0.293. The van der Waals surface area contributed by atoms with Gasteiger partial charge < -0.3 is 15.6 Å². The molecule has 3 heterocycles. The number of nitrogens with two attached hydrogens (primary N) is 1. The molecule has 35 heavy (non-hydrogen) atoms. The van der Waals surface area contributed by atoms with E-state index in [1.807, 2.05) is 40.7 Å². The molecule has 0 bridgehead atoms. The van der Waals surface area contributed by atoms with Gasteiger partial charge in [-0.1, -0.05) is 0 Å². The molecule has 10 nitrogen and oxygen atoms in total. The van der Waals surface area contributed by atoms with Crippen molar-refractivity contribution in [2.75, 3.05) is 13.7 Å². The van der Waals surface area contributed by atoms with E-state index >= 15 is 0 Å². The van der Waals surface area contributed by atoms with Gasteiger partial charge in [-0.05, 0) is 76.7 Å². The molecule has 0 saturated heterocycles. The first kappa shape index (κ1) is 24.9. The lowest BCUT2D eigenvalue weighted by molar-refractivity contribution is 0.141. The molecule has 1 aliphatic carbocycles. The number of carboxylic acid groups (broad SMARTS) is 1. The SMILES string of the molecule is COc1c(C)cnc(Cn2nc3cc(CCN)c4c-3c(n2)C(N(C(=O)O)C(C)(C)C)=NSC4)c1C. The Bertz CT molecular complexity index is 1280. The second-order valence-corrected chi connectivity index (χ2v) is 10.3. The van der Waals surface area contributed by atoms with E-state index < -0.39 is 11.6 Å². The van der Waals surface area contributed by atoms with Gasteiger partial charge in [0, 0.05) is 34.2 Å². The fourth-order valence-electron chi connectivity index (χ4n) is 4.47. The summed E-state index contributed by atoms with van der Waals surface area (Å²) in [7, 11) is 1.64. The van der Waals surface area contributed by atoms with Crippen LogP contribution in [0, 0.1) is 13.8 Å². The van der Waals surface area contributed by atoms with Gasteiger partial charge in [0.05, 0.1) is 18.5 Å². The van der Waals surface area contributed by atoms with E-state index in [9.17, 15) is 9.90 Å². The average molecular weight is 498 g/mol. The zero-order chi connectivity index (χ0) is 25.5. The Morgan fingerprint density at radius 2 is 2.06 bits per heavy atom. The predicted octanol–water partition coefficient (Wildman–Crippen LogP) is 3.64. The normalized spacial score (nSPS) is 13.5. The molecule has 0 spiro atoms. The van der Waals surface area contributed by atoms with E-state index in [2.05, 4.69) is 9.38 Å². The highest BCUT2D eigenvalue weighted by molar-refractivity contribution is 7.97. The molecule has 0 atom stereocenters. The number of amidine groups is 1. The molecule has 0 radical (unpaired) electrons. The summed E-state index contributed by atoms with van der Waals surface area (Å²) in [6.07, 6.45) is 1.37. The van der Waals surface area contributed by atoms with E-state index in [4.69, 9.17) is 20.7 Å². The molecule has 0 fully saturated rings. The van der Waals surface area contributed by atoms with Crippen LogP contribution in [0.5, 0.6) is 5.75 Å². The number of amides is 1. The molecule has 0 aromatic carbocycles. The Morgan fingerprint density at radius 1 is 1.31 bits per heavy atom. The molecule has 3 aliphatic rings. The maximum atomic E-state index is 12.4. The van der Waals surface area contributed by atoms with Crippen molar-refractivity contribution in [2.45, 2.75) is 58.9 Å². The Labute approximate surface area is 209 Å². The topological polar surface area (TPSA) is 132 Å². The first-order valence-corrected chi connectivity index (χ1v) is 12.3. The summed E-state index contributed by atoms with van der Waals surface area (Å²) in [4.78, 5) is 19.8. The number of aryl methyl sites for hydroxylation is 1. The Morgan fingerprint density at radius 3 is 2.69 bits per heavy atom. The van der Waals surface area contributed by atoms with Gasteiger partial charge in [0.25, 0.3) is 0 Å². The van der Waals surface area contributed by atoms with Crippen molar-refractivity contribution in [3.63, 3.8) is 0 Å². The van der Waals surface area contributed by atoms with E-state index in [0.29, 0.717) is 36.8 Å². The molecular formula is C24H31N7O3S. The van der Waals surface area contributed by atoms with Crippen molar-refractivity contribution >= 4 is 23.9 Å². The maximum absolute atomic E-state index is 12.4. The second-order valence-electron chi connectivity index (χ2n) is 9.55. The third-order valence-corrected chi connectivity index (χ3v) is 6.75. The Balaban J connectivity index is 1.92. The molecule has 1 amide bonds. The first-order chi connectivity index (χ1) is 16.6. The molecule has 0 unspecified atom stereocenters. The van der Waals surface area contributed by atoms with Crippen molar-refractivity contribution in [3.8, 4) is 17.0 Å². The van der Waals surface area contributed by atoms with Crippen LogP contribution in [0.25, 0.3) is 11.3 Å². The zero-order valence-corrected chi connectivity index (χ0v) is 21.7. The quantitative estimate of drug-likeness (QED) is 0.511. The van der Waals surface area contributed by atoms with Gasteiger partial charge in [-0.2, -0.15) is 19.4 Å². The lowest BCUT2D eigenvalue weighted by Gasteiger charge is -2.33. The minimum Gasteiger partial charge on any atom is -0.496 e. The molecule has 4 rings (SSSR count). The van der Waals surface area contributed by atoms with E-state index in [0.717, 1.165) is 45.0 Å². The molecule has 1 aromatic rings. The second kappa shape index (κ2) is 9.46. The van der Waals surface area contributed by atoms with Gasteiger partial charge in [-0.15, -0.1) is 0 Å². The van der Waals surface area contributed by atoms with Gasteiger partial charge in [-0.3, -0.25) is 9.88 Å². The van der Waals surface area contributed by atoms with Crippen LogP contribution in [0.3, 0.4) is 0 Å². The number of ether oxygens (including phenoxy) is 1. The Kier molecular flexibility index (Phi) is 6.74. The minimum atomic E-state index is -1.09. The monoisotopic (exact) mass is 497 g/mol. The number of hydrogen-bond acceptors (Lipinski definition) is 8. The van der Waals surface area contributed by atoms with Gasteiger partial charge in [0.1, 0.15) is 18.0 Å². The summed E-state index contributed by atoms with van der Waals surface area (Å²) < 4.78 is 10.2. The number of carbonyl (C=O) groups is 1. The maximum Gasteiger partial charge on any atom is 0.413 e. The van der Waals surface area contributed by atoms with E-state index in [1.54, 1.807) is 18.1 Å². The van der Waals surface area contributed by atoms with Crippen LogP contribution in [0.15, 0.2) is 16.7 Å². The molecule has 2 aliphatic heterocycles. The summed E-state index contributed by atoms with van der Waals surface area (Å²) in [5.74, 6) is 1.67. The first-order valence-electron chi connectivity index (χ1n) is 11.4. The lowest BCUT2D eigenvalue weighted by Crippen LogP contribution is -2.49. The van der Waals surface area contributed by atoms with Crippen LogP contribution >= 0.6 is 11.9 Å². The van der Waals surface area contributed by atoms with Crippen molar-refractivity contribution in [2.24, 2.45) is 10.1 Å². The number of pyridine rings is 1. The molecule has 1 aromatic heterocycles. The van der Waals surface area contributed by atoms with Crippen molar-refractivity contribution in [1.82, 2.24) is 24.9 Å². The van der Waals surface area contributed by atoms with E-state index in [1.165, 1.54) is 16.8 Å². The molecule has 11 heteroatoms. The van der Waals surface area contributed by atoms with Crippen LogP contribution in [0.2, 0.25) is 0 Å². The number of aromatic nitrogens is 4. The van der Waals surface area contributed by atoms with Gasteiger partial charge >= 0.3 is 6.09 Å². The number of nitrogens with zero attached hydrogens (tertiary/aromatic N) is 6. The molecular weight excluding hydrogens is 466 g/mol. The highest BCUT2D eigenvalue weighted by Gasteiger charge is 2.37. The zero-order valence-electron chi connectivity index (χ0n) is 20.9.